The number of rotatable bonds is 5. The third-order valence-corrected chi connectivity index (χ3v) is 1.78. The summed E-state index contributed by atoms with van der Waals surface area (Å²) < 4.78 is 1.63. The SMILES string of the molecule is CC(C)NC(=O)CCn1cnc(CN)n1. The first kappa shape index (κ1) is 11.6. The van der Waals surface area contributed by atoms with Crippen molar-refractivity contribution < 1.29 is 4.79 Å². The molecule has 1 amide bonds. The van der Waals surface area contributed by atoms with Gasteiger partial charge in [-0.2, -0.15) is 5.10 Å². The Balaban J connectivity index is 2.33. The molecule has 0 radical (unpaired) electrons. The quantitative estimate of drug-likeness (QED) is 0.697. The van der Waals surface area contributed by atoms with Crippen LogP contribution in [0.1, 0.15) is 26.1 Å². The van der Waals surface area contributed by atoms with Crippen LogP contribution in [0.2, 0.25) is 0 Å². The van der Waals surface area contributed by atoms with Gasteiger partial charge in [-0.25, -0.2) is 4.98 Å². The van der Waals surface area contributed by atoms with Crippen LogP contribution in [0.25, 0.3) is 0 Å². The van der Waals surface area contributed by atoms with Crippen LogP contribution in [0.5, 0.6) is 0 Å². The molecule has 0 aliphatic rings. The molecule has 0 unspecified atom stereocenters. The van der Waals surface area contributed by atoms with Crippen LogP contribution in [0, 0.1) is 0 Å². The Kier molecular flexibility index (Phi) is 4.23. The molecule has 15 heavy (non-hydrogen) atoms. The van der Waals surface area contributed by atoms with Crippen LogP contribution in [-0.2, 0) is 17.9 Å². The maximum atomic E-state index is 11.3. The van der Waals surface area contributed by atoms with E-state index in [2.05, 4.69) is 15.4 Å². The largest absolute Gasteiger partial charge is 0.354 e. The van der Waals surface area contributed by atoms with Crippen molar-refractivity contribution >= 4 is 5.91 Å². The molecule has 3 N–H and O–H groups in total. The number of aromatic nitrogens is 3. The maximum absolute atomic E-state index is 11.3. The molecule has 6 nitrogen and oxygen atoms in total. The molecule has 0 aliphatic carbocycles. The highest BCUT2D eigenvalue weighted by molar-refractivity contribution is 5.75. The zero-order valence-electron chi connectivity index (χ0n) is 9.10. The molecule has 1 aromatic heterocycles. The Morgan fingerprint density at radius 2 is 2.40 bits per heavy atom. The van der Waals surface area contributed by atoms with Gasteiger partial charge in [0.25, 0.3) is 0 Å². The standard InChI is InChI=1S/C9H17N5O/c1-7(2)12-9(15)3-4-14-6-11-8(5-10)13-14/h6-7H,3-5,10H2,1-2H3,(H,12,15). The molecule has 0 atom stereocenters. The molecule has 6 heteroatoms. The number of nitrogens with one attached hydrogen (secondary N) is 1. The molecule has 0 spiro atoms. The molecular weight excluding hydrogens is 194 g/mol. The summed E-state index contributed by atoms with van der Waals surface area (Å²) in [5.41, 5.74) is 5.37. The van der Waals surface area contributed by atoms with Crippen molar-refractivity contribution in [1.82, 2.24) is 20.1 Å². The van der Waals surface area contributed by atoms with Crippen molar-refractivity contribution in [2.24, 2.45) is 5.73 Å². The first-order valence-electron chi connectivity index (χ1n) is 4.99. The molecule has 1 aromatic rings. The first-order chi connectivity index (χ1) is 7.11. The van der Waals surface area contributed by atoms with Gasteiger partial charge >= 0.3 is 0 Å². The third-order valence-electron chi connectivity index (χ3n) is 1.78. The van der Waals surface area contributed by atoms with Gasteiger partial charge in [0.05, 0.1) is 13.1 Å². The number of hydrogen-bond acceptors (Lipinski definition) is 4. The molecule has 84 valence electrons. The molecule has 0 fully saturated rings. The summed E-state index contributed by atoms with van der Waals surface area (Å²) in [5, 5.41) is 6.89. The summed E-state index contributed by atoms with van der Waals surface area (Å²) in [7, 11) is 0. The highest BCUT2D eigenvalue weighted by Gasteiger charge is 2.04. The van der Waals surface area contributed by atoms with Crippen molar-refractivity contribution in [3.63, 3.8) is 0 Å². The van der Waals surface area contributed by atoms with E-state index in [9.17, 15) is 4.79 Å². The van der Waals surface area contributed by atoms with Crippen molar-refractivity contribution in [3.8, 4) is 0 Å². The molecular formula is C9H17N5O. The van der Waals surface area contributed by atoms with Gasteiger partial charge in [-0.3, -0.25) is 9.48 Å². The number of carbonyl (C=O) groups is 1. The number of hydrogen-bond donors (Lipinski definition) is 2. The average Bonchev–Trinajstić information content (AvgIpc) is 2.61. The lowest BCUT2D eigenvalue weighted by molar-refractivity contribution is -0.121. The smallest absolute Gasteiger partial charge is 0.222 e. The normalized spacial score (nSPS) is 10.7. The van der Waals surface area contributed by atoms with E-state index in [1.165, 1.54) is 0 Å². The number of aryl methyl sites for hydroxylation is 1. The Morgan fingerprint density at radius 3 is 2.93 bits per heavy atom. The molecule has 0 aromatic carbocycles. The highest BCUT2D eigenvalue weighted by atomic mass is 16.1. The topological polar surface area (TPSA) is 85.8 Å². The molecule has 0 saturated carbocycles. The number of amides is 1. The summed E-state index contributed by atoms with van der Waals surface area (Å²) >= 11 is 0. The van der Waals surface area contributed by atoms with Crippen molar-refractivity contribution in [2.45, 2.75) is 39.4 Å². The third kappa shape index (κ3) is 4.07. The molecule has 0 bridgehead atoms. The van der Waals surface area contributed by atoms with Crippen LogP contribution in [0.3, 0.4) is 0 Å². The number of nitrogens with zero attached hydrogens (tertiary/aromatic N) is 3. The Hall–Kier alpha value is -1.43. The summed E-state index contributed by atoms with van der Waals surface area (Å²) in [6, 6.07) is 0.174. The van der Waals surface area contributed by atoms with Gasteiger partial charge in [0.1, 0.15) is 6.33 Å². The highest BCUT2D eigenvalue weighted by Crippen LogP contribution is 1.92. The van der Waals surface area contributed by atoms with Gasteiger partial charge < -0.3 is 11.1 Å². The van der Waals surface area contributed by atoms with Gasteiger partial charge in [0, 0.05) is 12.5 Å². The fraction of sp³-hybridized carbons (Fsp3) is 0.667. The van der Waals surface area contributed by atoms with Crippen LogP contribution >= 0.6 is 0 Å². The Labute approximate surface area is 88.9 Å². The fourth-order valence-corrected chi connectivity index (χ4v) is 1.14. The van der Waals surface area contributed by atoms with Crippen LogP contribution in [-0.4, -0.2) is 26.7 Å². The van der Waals surface area contributed by atoms with Crippen molar-refractivity contribution in [1.29, 1.82) is 0 Å². The van der Waals surface area contributed by atoms with Gasteiger partial charge in [-0.1, -0.05) is 0 Å². The fourth-order valence-electron chi connectivity index (χ4n) is 1.14. The summed E-state index contributed by atoms with van der Waals surface area (Å²) in [4.78, 5) is 15.3. The lowest BCUT2D eigenvalue weighted by atomic mass is 10.3. The molecule has 1 heterocycles. The van der Waals surface area contributed by atoms with Crippen LogP contribution < -0.4 is 11.1 Å². The zero-order chi connectivity index (χ0) is 11.3. The summed E-state index contributed by atoms with van der Waals surface area (Å²) in [5.74, 6) is 0.620. The minimum absolute atomic E-state index is 0.0230. The van der Waals surface area contributed by atoms with E-state index in [1.807, 2.05) is 13.8 Å². The summed E-state index contributed by atoms with van der Waals surface area (Å²) in [6.45, 7) is 4.72. The minimum atomic E-state index is 0.0230. The second kappa shape index (κ2) is 5.45. The maximum Gasteiger partial charge on any atom is 0.222 e. The summed E-state index contributed by atoms with van der Waals surface area (Å²) in [6.07, 6.45) is 2.00. The van der Waals surface area contributed by atoms with Crippen molar-refractivity contribution in [2.75, 3.05) is 0 Å². The molecule has 0 saturated heterocycles. The lowest BCUT2D eigenvalue weighted by Crippen LogP contribution is -2.30. The second-order valence-electron chi connectivity index (χ2n) is 3.60. The van der Waals surface area contributed by atoms with Crippen LogP contribution in [0.15, 0.2) is 6.33 Å². The average molecular weight is 211 g/mol. The van der Waals surface area contributed by atoms with E-state index in [4.69, 9.17) is 5.73 Å². The van der Waals surface area contributed by atoms with Gasteiger partial charge in [-0.05, 0) is 13.8 Å². The van der Waals surface area contributed by atoms with Gasteiger partial charge in [-0.15, -0.1) is 0 Å². The predicted molar refractivity (Wildman–Crippen MR) is 55.8 cm³/mol. The minimum Gasteiger partial charge on any atom is -0.354 e. The van der Waals surface area contributed by atoms with E-state index in [0.29, 0.717) is 25.3 Å². The predicted octanol–water partition coefficient (Wildman–Crippen LogP) is -0.348. The van der Waals surface area contributed by atoms with E-state index < -0.39 is 0 Å². The Morgan fingerprint density at radius 1 is 1.67 bits per heavy atom. The van der Waals surface area contributed by atoms with E-state index in [1.54, 1.807) is 11.0 Å². The zero-order valence-corrected chi connectivity index (χ0v) is 9.10. The number of carbonyl (C=O) groups excluding carboxylic acids is 1. The number of nitrogens with two attached hydrogens (primary N) is 1. The Bertz CT molecular complexity index is 320. The van der Waals surface area contributed by atoms with Gasteiger partial charge in [0.15, 0.2) is 5.82 Å². The van der Waals surface area contributed by atoms with E-state index in [-0.39, 0.29) is 11.9 Å². The van der Waals surface area contributed by atoms with E-state index >= 15 is 0 Å². The molecule has 0 aliphatic heterocycles. The van der Waals surface area contributed by atoms with E-state index in [0.717, 1.165) is 0 Å². The molecule has 1 rings (SSSR count). The first-order valence-corrected chi connectivity index (χ1v) is 4.99. The van der Waals surface area contributed by atoms with Crippen LogP contribution in [0.4, 0.5) is 0 Å². The lowest BCUT2D eigenvalue weighted by Gasteiger charge is -2.07. The second-order valence-corrected chi connectivity index (χ2v) is 3.60. The van der Waals surface area contributed by atoms with Gasteiger partial charge in [0.2, 0.25) is 5.91 Å². The monoisotopic (exact) mass is 211 g/mol. The van der Waals surface area contributed by atoms with Crippen molar-refractivity contribution in [3.05, 3.63) is 12.2 Å².